The van der Waals surface area contributed by atoms with Gasteiger partial charge in [0.05, 0.1) is 29.4 Å². The number of thiazole rings is 1. The standard InChI is InChI=1S/C35H33N5O2S/c1-22-15-16-23(2)31(17-22)40-24(3)18-30(38-40)33-25(4)36-35-39(34(33)42)28(21-43-35)20-32(41)37-29(27-13-9-6-10-14-27)19-26-11-7-5-8-12-26/h5-18,21,29H,19-20H2,1-4H3,(H,37,41)/t29-/m1/s1. The molecule has 3 aromatic heterocycles. The summed E-state index contributed by atoms with van der Waals surface area (Å²) in [6.07, 6.45) is 0.715. The van der Waals surface area contributed by atoms with Gasteiger partial charge < -0.3 is 5.32 Å². The zero-order valence-corrected chi connectivity index (χ0v) is 25.5. The molecule has 0 aliphatic rings. The van der Waals surface area contributed by atoms with E-state index < -0.39 is 0 Å². The molecule has 1 N–H and O–H groups in total. The molecule has 6 rings (SSSR count). The Morgan fingerprint density at radius 1 is 0.930 bits per heavy atom. The Morgan fingerprint density at radius 2 is 1.65 bits per heavy atom. The molecule has 6 aromatic rings. The van der Waals surface area contributed by atoms with Gasteiger partial charge in [0, 0.05) is 16.8 Å². The number of fused-ring (bicyclic) bond motifs is 1. The molecular weight excluding hydrogens is 554 g/mol. The number of hydrogen-bond donors (Lipinski definition) is 1. The summed E-state index contributed by atoms with van der Waals surface area (Å²) in [7, 11) is 0. The molecule has 0 radical (unpaired) electrons. The second-order valence-electron chi connectivity index (χ2n) is 11.0. The highest BCUT2D eigenvalue weighted by Gasteiger charge is 2.22. The summed E-state index contributed by atoms with van der Waals surface area (Å²) in [5.41, 5.74) is 8.29. The lowest BCUT2D eigenvalue weighted by Crippen LogP contribution is -2.32. The van der Waals surface area contributed by atoms with Crippen LogP contribution in [0.25, 0.3) is 21.9 Å². The monoisotopic (exact) mass is 587 g/mol. The Balaban J connectivity index is 1.32. The Labute approximate surface area is 254 Å². The van der Waals surface area contributed by atoms with Gasteiger partial charge in [-0.05, 0) is 68.5 Å². The van der Waals surface area contributed by atoms with Gasteiger partial charge in [-0.15, -0.1) is 11.3 Å². The first-order valence-electron chi connectivity index (χ1n) is 14.3. The molecule has 0 saturated heterocycles. The maximum atomic E-state index is 14.0. The molecule has 1 amide bonds. The van der Waals surface area contributed by atoms with Crippen molar-refractivity contribution in [3.05, 3.63) is 140 Å². The van der Waals surface area contributed by atoms with Crippen LogP contribution in [0.5, 0.6) is 0 Å². The van der Waals surface area contributed by atoms with Crippen LogP contribution < -0.4 is 10.9 Å². The predicted octanol–water partition coefficient (Wildman–Crippen LogP) is 6.49. The third kappa shape index (κ3) is 5.79. The van der Waals surface area contributed by atoms with Crippen LogP contribution in [0.15, 0.2) is 95.1 Å². The van der Waals surface area contributed by atoms with Gasteiger partial charge in [0.15, 0.2) is 4.96 Å². The van der Waals surface area contributed by atoms with Crippen molar-refractivity contribution in [2.45, 2.75) is 46.6 Å². The van der Waals surface area contributed by atoms with Gasteiger partial charge in [-0.1, -0.05) is 72.8 Å². The predicted molar refractivity (Wildman–Crippen MR) is 172 cm³/mol. The fourth-order valence-corrected chi connectivity index (χ4v) is 6.43. The summed E-state index contributed by atoms with van der Waals surface area (Å²) in [5, 5.41) is 9.92. The quantitative estimate of drug-likeness (QED) is 0.221. The normalized spacial score (nSPS) is 12.0. The van der Waals surface area contributed by atoms with Gasteiger partial charge in [0.1, 0.15) is 5.69 Å². The van der Waals surface area contributed by atoms with Crippen molar-refractivity contribution in [2.24, 2.45) is 0 Å². The molecule has 0 fully saturated rings. The van der Waals surface area contributed by atoms with Crippen LogP contribution in [0.3, 0.4) is 0 Å². The largest absolute Gasteiger partial charge is 0.349 e. The van der Waals surface area contributed by atoms with Gasteiger partial charge >= 0.3 is 0 Å². The number of aromatic nitrogens is 4. The molecule has 0 aliphatic carbocycles. The first kappa shape index (κ1) is 28.3. The molecule has 0 aliphatic heterocycles. The molecule has 7 nitrogen and oxygen atoms in total. The van der Waals surface area contributed by atoms with Gasteiger partial charge in [0.25, 0.3) is 5.56 Å². The lowest BCUT2D eigenvalue weighted by atomic mass is 9.98. The lowest BCUT2D eigenvalue weighted by Gasteiger charge is -2.19. The minimum atomic E-state index is -0.221. The fourth-order valence-electron chi connectivity index (χ4n) is 5.51. The molecule has 1 atom stereocenters. The van der Waals surface area contributed by atoms with Gasteiger partial charge in [-0.3, -0.25) is 14.0 Å². The van der Waals surface area contributed by atoms with Crippen LogP contribution in [0, 0.1) is 27.7 Å². The third-order valence-corrected chi connectivity index (χ3v) is 8.59. The van der Waals surface area contributed by atoms with Crippen molar-refractivity contribution in [2.75, 3.05) is 0 Å². The maximum absolute atomic E-state index is 14.0. The Morgan fingerprint density at radius 3 is 2.40 bits per heavy atom. The van der Waals surface area contributed by atoms with Crippen LogP contribution in [-0.4, -0.2) is 25.1 Å². The summed E-state index contributed by atoms with van der Waals surface area (Å²) < 4.78 is 3.44. The maximum Gasteiger partial charge on any atom is 0.268 e. The SMILES string of the molecule is Cc1ccc(C)c(-n2nc(-c3c(C)nc4scc(CC(=O)N[C@H](Cc5ccccc5)c5ccccc5)n4c3=O)cc2C)c1. The number of amides is 1. The van der Waals surface area contributed by atoms with Crippen molar-refractivity contribution in [1.29, 1.82) is 0 Å². The highest BCUT2D eigenvalue weighted by Crippen LogP contribution is 2.25. The number of rotatable bonds is 8. The second-order valence-corrected chi connectivity index (χ2v) is 11.8. The van der Waals surface area contributed by atoms with Crippen LogP contribution >= 0.6 is 11.3 Å². The van der Waals surface area contributed by atoms with Gasteiger partial charge in [0.2, 0.25) is 5.91 Å². The summed E-state index contributed by atoms with van der Waals surface area (Å²) in [5.74, 6) is -0.159. The van der Waals surface area contributed by atoms with E-state index >= 15 is 0 Å². The molecule has 8 heteroatoms. The highest BCUT2D eigenvalue weighted by molar-refractivity contribution is 7.15. The number of carbonyl (C=O) groups is 1. The first-order valence-corrected chi connectivity index (χ1v) is 15.2. The molecule has 3 heterocycles. The summed E-state index contributed by atoms with van der Waals surface area (Å²) in [6.45, 7) is 7.92. The third-order valence-electron chi connectivity index (χ3n) is 7.72. The number of aryl methyl sites for hydroxylation is 4. The van der Waals surface area contributed by atoms with Crippen molar-refractivity contribution in [3.63, 3.8) is 0 Å². The van der Waals surface area contributed by atoms with Crippen LogP contribution in [-0.2, 0) is 17.6 Å². The number of hydrogen-bond acceptors (Lipinski definition) is 5. The zero-order chi connectivity index (χ0) is 30.1. The van der Waals surface area contributed by atoms with Gasteiger partial charge in [-0.25, -0.2) is 9.67 Å². The van der Waals surface area contributed by atoms with E-state index in [1.165, 1.54) is 11.3 Å². The summed E-state index contributed by atoms with van der Waals surface area (Å²) in [4.78, 5) is 32.8. The molecule has 216 valence electrons. The van der Waals surface area contributed by atoms with E-state index in [0.717, 1.165) is 33.6 Å². The molecule has 0 spiro atoms. The summed E-state index contributed by atoms with van der Waals surface area (Å²) >= 11 is 1.36. The van der Waals surface area contributed by atoms with Crippen LogP contribution in [0.1, 0.15) is 45.4 Å². The molecule has 0 bridgehead atoms. The highest BCUT2D eigenvalue weighted by atomic mass is 32.1. The topological polar surface area (TPSA) is 81.3 Å². The second kappa shape index (κ2) is 11.8. The van der Waals surface area contributed by atoms with E-state index in [2.05, 4.69) is 42.6 Å². The lowest BCUT2D eigenvalue weighted by molar-refractivity contribution is -0.121. The Kier molecular flexibility index (Phi) is 7.78. The van der Waals surface area contributed by atoms with E-state index in [4.69, 9.17) is 10.1 Å². The number of nitrogens with zero attached hydrogens (tertiary/aromatic N) is 4. The van der Waals surface area contributed by atoms with E-state index in [9.17, 15) is 9.59 Å². The van der Waals surface area contributed by atoms with Crippen molar-refractivity contribution in [3.8, 4) is 16.9 Å². The van der Waals surface area contributed by atoms with Crippen molar-refractivity contribution >= 4 is 22.2 Å². The zero-order valence-electron chi connectivity index (χ0n) is 24.7. The van der Waals surface area contributed by atoms with Crippen LogP contribution in [0.4, 0.5) is 0 Å². The molecule has 0 saturated carbocycles. The van der Waals surface area contributed by atoms with E-state index in [1.807, 2.05) is 85.4 Å². The number of carbonyl (C=O) groups excluding carboxylic acids is 1. The molecule has 0 unspecified atom stereocenters. The molecule has 43 heavy (non-hydrogen) atoms. The first-order chi connectivity index (χ1) is 20.8. The van der Waals surface area contributed by atoms with Crippen molar-refractivity contribution < 1.29 is 4.79 Å². The minimum absolute atomic E-state index is 0.0537. The molecular formula is C35H33N5O2S. The minimum Gasteiger partial charge on any atom is -0.349 e. The van der Waals surface area contributed by atoms with Crippen LogP contribution in [0.2, 0.25) is 0 Å². The van der Waals surface area contributed by atoms with E-state index in [-0.39, 0.29) is 23.9 Å². The average molecular weight is 588 g/mol. The number of benzene rings is 3. The fraction of sp³-hybridized carbons (Fsp3) is 0.200. The van der Waals surface area contributed by atoms with E-state index in [1.54, 1.807) is 4.40 Å². The van der Waals surface area contributed by atoms with E-state index in [0.29, 0.717) is 34.0 Å². The smallest absolute Gasteiger partial charge is 0.268 e. The number of nitrogens with one attached hydrogen (secondary N) is 1. The summed E-state index contributed by atoms with van der Waals surface area (Å²) in [6, 6.07) is 28.0. The molecule has 3 aromatic carbocycles. The van der Waals surface area contributed by atoms with Gasteiger partial charge in [-0.2, -0.15) is 5.10 Å². The average Bonchev–Trinajstić information content (AvgIpc) is 3.57. The Hall–Kier alpha value is -4.82. The van der Waals surface area contributed by atoms with Crippen molar-refractivity contribution in [1.82, 2.24) is 24.5 Å². The Bertz CT molecular complexity index is 1990.